The maximum absolute atomic E-state index is 12.2. The lowest BCUT2D eigenvalue weighted by molar-refractivity contribution is -0.116. The van der Waals surface area contributed by atoms with E-state index in [9.17, 15) is 9.59 Å². The summed E-state index contributed by atoms with van der Waals surface area (Å²) in [5.41, 5.74) is 3.56. The van der Waals surface area contributed by atoms with Gasteiger partial charge in [0, 0.05) is 30.9 Å². The first kappa shape index (κ1) is 16.2. The minimum atomic E-state index is -0.218. The molecule has 0 saturated heterocycles. The van der Waals surface area contributed by atoms with Gasteiger partial charge in [0.25, 0.3) is 0 Å². The number of carbonyl (C=O) groups is 2. The van der Waals surface area contributed by atoms with E-state index in [2.05, 4.69) is 5.32 Å². The number of rotatable bonds is 3. The third-order valence-corrected chi connectivity index (χ3v) is 4.45. The molecule has 0 aliphatic carbocycles. The van der Waals surface area contributed by atoms with Crippen molar-refractivity contribution in [3.05, 3.63) is 53.6 Å². The molecule has 6 nitrogen and oxygen atoms in total. The average molecular weight is 350 g/mol. The number of ether oxygens (including phenoxy) is 2. The molecular formula is C20H18N2O4. The molecule has 0 radical (unpaired) electrons. The van der Waals surface area contributed by atoms with E-state index >= 15 is 0 Å². The molecule has 4 rings (SSSR count). The number of amides is 2. The van der Waals surface area contributed by atoms with Crippen molar-refractivity contribution in [1.82, 2.24) is 0 Å². The largest absolute Gasteiger partial charge is 0.454 e. The zero-order chi connectivity index (χ0) is 18.1. The van der Waals surface area contributed by atoms with Gasteiger partial charge in [0.05, 0.1) is 0 Å². The molecule has 1 N–H and O–H groups in total. The number of nitrogens with zero attached hydrogens (tertiary/aromatic N) is 1. The number of carbonyl (C=O) groups excluding carboxylic acids is 2. The first-order valence-corrected chi connectivity index (χ1v) is 8.40. The van der Waals surface area contributed by atoms with Gasteiger partial charge in [0.2, 0.25) is 18.6 Å². The van der Waals surface area contributed by atoms with E-state index in [1.54, 1.807) is 17.9 Å². The molecule has 0 saturated carbocycles. The van der Waals surface area contributed by atoms with Crippen LogP contribution in [0.4, 0.5) is 11.4 Å². The molecular weight excluding hydrogens is 332 g/mol. The molecule has 26 heavy (non-hydrogen) atoms. The van der Waals surface area contributed by atoms with Crippen LogP contribution in [-0.2, 0) is 16.0 Å². The molecule has 2 aliphatic rings. The van der Waals surface area contributed by atoms with Crippen molar-refractivity contribution in [1.29, 1.82) is 0 Å². The maximum atomic E-state index is 12.2. The molecule has 0 aromatic heterocycles. The van der Waals surface area contributed by atoms with E-state index in [1.165, 1.54) is 6.08 Å². The van der Waals surface area contributed by atoms with Gasteiger partial charge < -0.3 is 19.7 Å². The fourth-order valence-electron chi connectivity index (χ4n) is 3.18. The molecule has 6 heteroatoms. The molecule has 0 unspecified atom stereocenters. The third-order valence-electron chi connectivity index (χ3n) is 4.45. The number of benzene rings is 2. The predicted molar refractivity (Wildman–Crippen MR) is 98.4 cm³/mol. The van der Waals surface area contributed by atoms with Crippen molar-refractivity contribution >= 4 is 29.3 Å². The van der Waals surface area contributed by atoms with Gasteiger partial charge >= 0.3 is 0 Å². The van der Waals surface area contributed by atoms with Gasteiger partial charge in [-0.1, -0.05) is 6.07 Å². The summed E-state index contributed by atoms with van der Waals surface area (Å²) in [5.74, 6) is 1.21. The van der Waals surface area contributed by atoms with Crippen LogP contribution in [0.5, 0.6) is 11.5 Å². The van der Waals surface area contributed by atoms with E-state index in [0.717, 1.165) is 28.9 Å². The van der Waals surface area contributed by atoms with Crippen molar-refractivity contribution in [2.75, 3.05) is 23.6 Å². The molecule has 0 spiro atoms. The highest BCUT2D eigenvalue weighted by molar-refractivity contribution is 6.02. The average Bonchev–Trinajstić information content (AvgIpc) is 3.25. The van der Waals surface area contributed by atoms with Crippen molar-refractivity contribution in [2.45, 2.75) is 13.3 Å². The lowest BCUT2D eigenvalue weighted by atomic mass is 10.1. The Bertz CT molecular complexity index is 920. The smallest absolute Gasteiger partial charge is 0.248 e. The van der Waals surface area contributed by atoms with Crippen molar-refractivity contribution in [2.24, 2.45) is 0 Å². The topological polar surface area (TPSA) is 67.9 Å². The fraction of sp³-hybridized carbons (Fsp3) is 0.200. The van der Waals surface area contributed by atoms with E-state index in [0.29, 0.717) is 18.0 Å². The Kier molecular flexibility index (Phi) is 4.08. The molecule has 0 atom stereocenters. The first-order chi connectivity index (χ1) is 12.6. The Labute approximate surface area is 151 Å². The zero-order valence-electron chi connectivity index (χ0n) is 14.3. The second-order valence-corrected chi connectivity index (χ2v) is 6.20. The Morgan fingerprint density at radius 3 is 2.81 bits per heavy atom. The van der Waals surface area contributed by atoms with Gasteiger partial charge in [0.15, 0.2) is 11.5 Å². The highest BCUT2D eigenvalue weighted by atomic mass is 16.7. The highest BCUT2D eigenvalue weighted by Gasteiger charge is 2.22. The first-order valence-electron chi connectivity index (χ1n) is 8.40. The van der Waals surface area contributed by atoms with Crippen molar-refractivity contribution in [3.63, 3.8) is 0 Å². The molecule has 2 amide bonds. The molecule has 0 bridgehead atoms. The quantitative estimate of drug-likeness (QED) is 0.864. The molecule has 2 aromatic carbocycles. The summed E-state index contributed by atoms with van der Waals surface area (Å²) < 4.78 is 10.6. The number of fused-ring (bicyclic) bond motifs is 2. The van der Waals surface area contributed by atoms with Gasteiger partial charge in [-0.05, 0) is 54.0 Å². The molecule has 2 aromatic rings. The van der Waals surface area contributed by atoms with E-state index < -0.39 is 0 Å². The SMILES string of the molecule is CC(=O)N1CCc2cc(NC(=O)/C=C/c3ccc4c(c3)OCO4)ccc21. The molecule has 2 heterocycles. The summed E-state index contributed by atoms with van der Waals surface area (Å²) in [4.78, 5) is 25.5. The van der Waals surface area contributed by atoms with Crippen LogP contribution in [-0.4, -0.2) is 25.2 Å². The molecule has 132 valence electrons. The van der Waals surface area contributed by atoms with Crippen LogP contribution >= 0.6 is 0 Å². The summed E-state index contributed by atoms with van der Waals surface area (Å²) in [6.07, 6.45) is 4.00. The Morgan fingerprint density at radius 2 is 1.96 bits per heavy atom. The summed E-state index contributed by atoms with van der Waals surface area (Å²) in [7, 11) is 0. The van der Waals surface area contributed by atoms with Crippen LogP contribution in [0.1, 0.15) is 18.1 Å². The number of nitrogens with one attached hydrogen (secondary N) is 1. The third kappa shape index (κ3) is 3.13. The van der Waals surface area contributed by atoms with Crippen LogP contribution in [0.2, 0.25) is 0 Å². The van der Waals surface area contributed by atoms with E-state index in [-0.39, 0.29) is 18.6 Å². The summed E-state index contributed by atoms with van der Waals surface area (Å²) >= 11 is 0. The van der Waals surface area contributed by atoms with Gasteiger partial charge in [-0.25, -0.2) is 0 Å². The lowest BCUT2D eigenvalue weighted by Gasteiger charge is -2.14. The second kappa shape index (κ2) is 6.55. The summed E-state index contributed by atoms with van der Waals surface area (Å²) in [5, 5.41) is 2.85. The normalized spacial score (nSPS) is 14.6. The Morgan fingerprint density at radius 1 is 1.12 bits per heavy atom. The van der Waals surface area contributed by atoms with Gasteiger partial charge in [0.1, 0.15) is 0 Å². The summed E-state index contributed by atoms with van der Waals surface area (Å²) in [6.45, 7) is 2.47. The monoisotopic (exact) mass is 350 g/mol. The van der Waals surface area contributed by atoms with E-state index in [4.69, 9.17) is 9.47 Å². The second-order valence-electron chi connectivity index (χ2n) is 6.20. The van der Waals surface area contributed by atoms with Gasteiger partial charge in [-0.3, -0.25) is 9.59 Å². The minimum absolute atomic E-state index is 0.0344. The lowest BCUT2D eigenvalue weighted by Crippen LogP contribution is -2.25. The van der Waals surface area contributed by atoms with Crippen molar-refractivity contribution in [3.8, 4) is 11.5 Å². The van der Waals surface area contributed by atoms with E-state index in [1.807, 2.05) is 36.4 Å². The highest BCUT2D eigenvalue weighted by Crippen LogP contribution is 2.33. The number of hydrogen-bond acceptors (Lipinski definition) is 4. The van der Waals surface area contributed by atoms with Gasteiger partial charge in [-0.2, -0.15) is 0 Å². The molecule has 2 aliphatic heterocycles. The standard InChI is InChI=1S/C20H18N2O4/c1-13(23)22-9-8-15-11-16(4-5-17(15)22)21-20(24)7-3-14-2-6-18-19(10-14)26-12-25-18/h2-7,10-11H,8-9,12H2,1H3,(H,21,24)/b7-3+. The maximum Gasteiger partial charge on any atom is 0.248 e. The number of hydrogen-bond donors (Lipinski definition) is 1. The van der Waals surface area contributed by atoms with Crippen LogP contribution in [0.15, 0.2) is 42.5 Å². The van der Waals surface area contributed by atoms with Gasteiger partial charge in [-0.15, -0.1) is 0 Å². The predicted octanol–water partition coefficient (Wildman–Crippen LogP) is 2.98. The summed E-state index contributed by atoms with van der Waals surface area (Å²) in [6, 6.07) is 11.1. The van der Waals surface area contributed by atoms with Crippen LogP contribution < -0.4 is 19.7 Å². The van der Waals surface area contributed by atoms with Crippen LogP contribution in [0, 0.1) is 0 Å². The minimum Gasteiger partial charge on any atom is -0.454 e. The Balaban J connectivity index is 1.43. The van der Waals surface area contributed by atoms with Crippen molar-refractivity contribution < 1.29 is 19.1 Å². The zero-order valence-corrected chi connectivity index (χ0v) is 14.3. The van der Waals surface area contributed by atoms with Crippen LogP contribution in [0.3, 0.4) is 0 Å². The fourth-order valence-corrected chi connectivity index (χ4v) is 3.18. The Hall–Kier alpha value is -3.28. The number of anilines is 2. The van der Waals surface area contributed by atoms with Crippen LogP contribution in [0.25, 0.3) is 6.08 Å². The molecule has 0 fully saturated rings.